The molecule has 0 saturated heterocycles. The van der Waals surface area contributed by atoms with Crippen LogP contribution in [0.15, 0.2) is 23.1 Å². The molecule has 0 unspecified atom stereocenters. The van der Waals surface area contributed by atoms with Crippen molar-refractivity contribution in [3.8, 4) is 5.75 Å². The van der Waals surface area contributed by atoms with Gasteiger partial charge in [-0.3, -0.25) is 0 Å². The number of nitrogens with one attached hydrogen (secondary N) is 2. The van der Waals surface area contributed by atoms with Gasteiger partial charge in [-0.25, -0.2) is 13.1 Å². The van der Waals surface area contributed by atoms with Crippen molar-refractivity contribution < 1.29 is 21.9 Å². The standard InChI is InChI=1S/C10H13ClF2N2O3S/c1-14-4-5-15-19(16,17)7-2-3-9(8(11)6-7)18-10(12)13/h2-3,6,10,14-15H,4-5H2,1H3. The first-order valence-corrected chi connectivity index (χ1v) is 7.11. The lowest BCUT2D eigenvalue weighted by molar-refractivity contribution is -0.0498. The van der Waals surface area contributed by atoms with Crippen LogP contribution in [0.1, 0.15) is 0 Å². The van der Waals surface area contributed by atoms with Gasteiger partial charge in [-0.1, -0.05) is 11.6 Å². The lowest BCUT2D eigenvalue weighted by atomic mass is 10.3. The van der Waals surface area contributed by atoms with Crippen LogP contribution in [0.3, 0.4) is 0 Å². The first-order chi connectivity index (χ1) is 8.86. The van der Waals surface area contributed by atoms with Crippen LogP contribution in [0.4, 0.5) is 8.78 Å². The summed E-state index contributed by atoms with van der Waals surface area (Å²) in [6.07, 6.45) is 0. The highest BCUT2D eigenvalue weighted by molar-refractivity contribution is 7.89. The van der Waals surface area contributed by atoms with E-state index in [4.69, 9.17) is 11.6 Å². The van der Waals surface area contributed by atoms with Crippen LogP contribution in [0, 0.1) is 0 Å². The molecule has 5 nitrogen and oxygen atoms in total. The van der Waals surface area contributed by atoms with Crippen LogP contribution in [-0.2, 0) is 10.0 Å². The molecule has 0 heterocycles. The van der Waals surface area contributed by atoms with E-state index in [0.717, 1.165) is 18.2 Å². The zero-order valence-electron chi connectivity index (χ0n) is 9.99. The maximum absolute atomic E-state index is 12.0. The molecule has 0 aliphatic carbocycles. The van der Waals surface area contributed by atoms with Crippen molar-refractivity contribution in [2.24, 2.45) is 0 Å². The lowest BCUT2D eigenvalue weighted by Crippen LogP contribution is -2.30. The Morgan fingerprint density at radius 1 is 1.37 bits per heavy atom. The van der Waals surface area contributed by atoms with Crippen molar-refractivity contribution in [3.63, 3.8) is 0 Å². The summed E-state index contributed by atoms with van der Waals surface area (Å²) in [4.78, 5) is -0.116. The first-order valence-electron chi connectivity index (χ1n) is 5.25. The van der Waals surface area contributed by atoms with Gasteiger partial charge in [0.2, 0.25) is 10.0 Å². The van der Waals surface area contributed by atoms with E-state index in [-0.39, 0.29) is 22.2 Å². The number of sulfonamides is 1. The highest BCUT2D eigenvalue weighted by atomic mass is 35.5. The zero-order valence-corrected chi connectivity index (χ0v) is 11.6. The minimum atomic E-state index is -3.72. The second-order valence-electron chi connectivity index (χ2n) is 3.47. The van der Waals surface area contributed by atoms with Gasteiger partial charge < -0.3 is 10.1 Å². The fraction of sp³-hybridized carbons (Fsp3) is 0.400. The second kappa shape index (κ2) is 6.99. The fourth-order valence-corrected chi connectivity index (χ4v) is 2.58. The molecule has 1 aromatic carbocycles. The summed E-state index contributed by atoms with van der Waals surface area (Å²) < 4.78 is 54.1. The van der Waals surface area contributed by atoms with Gasteiger partial charge in [-0.2, -0.15) is 8.78 Å². The minimum Gasteiger partial charge on any atom is -0.433 e. The molecule has 0 radical (unpaired) electrons. The van der Waals surface area contributed by atoms with E-state index in [0.29, 0.717) is 6.54 Å². The number of likely N-dealkylation sites (N-methyl/N-ethyl adjacent to an activating group) is 1. The molecule has 0 fully saturated rings. The normalized spacial score (nSPS) is 11.8. The van der Waals surface area contributed by atoms with E-state index in [2.05, 4.69) is 14.8 Å². The smallest absolute Gasteiger partial charge is 0.387 e. The van der Waals surface area contributed by atoms with Gasteiger partial charge in [0.1, 0.15) is 5.75 Å². The summed E-state index contributed by atoms with van der Waals surface area (Å²) in [5.41, 5.74) is 0. The third-order valence-corrected chi connectivity index (χ3v) is 3.85. The van der Waals surface area contributed by atoms with Gasteiger partial charge in [-0.15, -0.1) is 0 Å². The number of benzene rings is 1. The molecule has 108 valence electrons. The molecule has 9 heteroatoms. The summed E-state index contributed by atoms with van der Waals surface area (Å²) in [5, 5.41) is 2.58. The Morgan fingerprint density at radius 2 is 2.05 bits per heavy atom. The van der Waals surface area contributed by atoms with Gasteiger partial charge in [0.05, 0.1) is 9.92 Å². The highest BCUT2D eigenvalue weighted by Gasteiger charge is 2.16. The molecule has 19 heavy (non-hydrogen) atoms. The van der Waals surface area contributed by atoms with Crippen LogP contribution in [0.25, 0.3) is 0 Å². The topological polar surface area (TPSA) is 67.4 Å². The number of alkyl halides is 2. The van der Waals surface area contributed by atoms with Crippen LogP contribution in [-0.4, -0.2) is 35.2 Å². The Morgan fingerprint density at radius 3 is 2.58 bits per heavy atom. The van der Waals surface area contributed by atoms with Gasteiger partial charge in [0.25, 0.3) is 0 Å². The molecule has 0 aliphatic heterocycles. The summed E-state index contributed by atoms with van der Waals surface area (Å²) in [5.74, 6) is -0.272. The molecule has 2 N–H and O–H groups in total. The molecular formula is C10H13ClF2N2O3S. The monoisotopic (exact) mass is 314 g/mol. The summed E-state index contributed by atoms with van der Waals surface area (Å²) in [6, 6.07) is 3.29. The van der Waals surface area contributed by atoms with E-state index < -0.39 is 16.6 Å². The Labute approximate surface area is 114 Å². The first kappa shape index (κ1) is 16.1. The molecule has 0 aromatic heterocycles. The van der Waals surface area contributed by atoms with Gasteiger partial charge >= 0.3 is 6.61 Å². The van der Waals surface area contributed by atoms with Gasteiger partial charge in [0.15, 0.2) is 0 Å². The van der Waals surface area contributed by atoms with Crippen molar-refractivity contribution in [2.45, 2.75) is 11.5 Å². The van der Waals surface area contributed by atoms with E-state index in [1.807, 2.05) is 0 Å². The van der Waals surface area contributed by atoms with E-state index in [1.54, 1.807) is 7.05 Å². The zero-order chi connectivity index (χ0) is 14.5. The lowest BCUT2D eigenvalue weighted by Gasteiger charge is -2.10. The molecule has 0 aliphatic rings. The van der Waals surface area contributed by atoms with Crippen LogP contribution < -0.4 is 14.8 Å². The quantitative estimate of drug-likeness (QED) is 0.747. The molecular weight excluding hydrogens is 302 g/mol. The molecule has 1 rings (SSSR count). The predicted molar refractivity (Wildman–Crippen MR) is 67.2 cm³/mol. The Kier molecular flexibility index (Phi) is 5.92. The predicted octanol–water partition coefficient (Wildman–Crippen LogP) is 1.44. The molecule has 1 aromatic rings. The number of halogens is 3. The largest absolute Gasteiger partial charge is 0.433 e. The van der Waals surface area contributed by atoms with Crippen LogP contribution in [0.5, 0.6) is 5.75 Å². The van der Waals surface area contributed by atoms with Crippen molar-refractivity contribution >= 4 is 21.6 Å². The third-order valence-electron chi connectivity index (χ3n) is 2.10. The van der Waals surface area contributed by atoms with Crippen LogP contribution >= 0.6 is 11.6 Å². The van der Waals surface area contributed by atoms with E-state index >= 15 is 0 Å². The molecule has 0 bridgehead atoms. The number of hydrogen-bond acceptors (Lipinski definition) is 4. The third kappa shape index (κ3) is 4.90. The van der Waals surface area contributed by atoms with Gasteiger partial charge in [-0.05, 0) is 25.2 Å². The minimum absolute atomic E-state index is 0.116. The molecule has 0 saturated carbocycles. The maximum atomic E-state index is 12.0. The number of ether oxygens (including phenoxy) is 1. The Balaban J connectivity index is 2.87. The Bertz CT molecular complexity index is 526. The Hall–Kier alpha value is -0.960. The van der Waals surface area contributed by atoms with Crippen LogP contribution in [0.2, 0.25) is 5.02 Å². The van der Waals surface area contributed by atoms with Crippen molar-refractivity contribution in [1.82, 2.24) is 10.0 Å². The SMILES string of the molecule is CNCCNS(=O)(=O)c1ccc(OC(F)F)c(Cl)c1. The fourth-order valence-electron chi connectivity index (χ4n) is 1.23. The summed E-state index contributed by atoms with van der Waals surface area (Å²) in [6.45, 7) is -2.36. The van der Waals surface area contributed by atoms with E-state index in [9.17, 15) is 17.2 Å². The van der Waals surface area contributed by atoms with Crippen molar-refractivity contribution in [2.75, 3.05) is 20.1 Å². The van der Waals surface area contributed by atoms with Gasteiger partial charge in [0, 0.05) is 13.1 Å². The molecule has 0 amide bonds. The summed E-state index contributed by atoms with van der Waals surface area (Å²) >= 11 is 5.68. The molecule has 0 spiro atoms. The average Bonchev–Trinajstić information content (AvgIpc) is 2.31. The average molecular weight is 315 g/mol. The van der Waals surface area contributed by atoms with E-state index in [1.165, 1.54) is 0 Å². The maximum Gasteiger partial charge on any atom is 0.387 e. The van der Waals surface area contributed by atoms with Crippen molar-refractivity contribution in [3.05, 3.63) is 23.2 Å². The number of rotatable bonds is 7. The molecule has 0 atom stereocenters. The summed E-state index contributed by atoms with van der Waals surface area (Å²) in [7, 11) is -2.04. The highest BCUT2D eigenvalue weighted by Crippen LogP contribution is 2.28. The second-order valence-corrected chi connectivity index (χ2v) is 5.65. The van der Waals surface area contributed by atoms with Crippen molar-refractivity contribution in [1.29, 1.82) is 0 Å². The number of hydrogen-bond donors (Lipinski definition) is 2.